The van der Waals surface area contributed by atoms with Gasteiger partial charge in [-0.05, 0) is 35.8 Å². The minimum absolute atomic E-state index is 0.204. The third kappa shape index (κ3) is 4.56. The van der Waals surface area contributed by atoms with E-state index in [0.29, 0.717) is 18.6 Å². The first-order valence-corrected chi connectivity index (χ1v) is 6.86. The van der Waals surface area contributed by atoms with E-state index in [1.54, 1.807) is 25.1 Å². The molecule has 0 aromatic heterocycles. The van der Waals surface area contributed by atoms with E-state index in [-0.39, 0.29) is 11.8 Å². The second-order valence-electron chi connectivity index (χ2n) is 4.60. The van der Waals surface area contributed by atoms with Crippen molar-refractivity contribution in [3.63, 3.8) is 0 Å². The molecule has 0 spiro atoms. The Kier molecular flexibility index (Phi) is 5.27. The highest BCUT2D eigenvalue weighted by Crippen LogP contribution is 2.15. The van der Waals surface area contributed by atoms with E-state index in [1.165, 1.54) is 12.1 Å². The van der Waals surface area contributed by atoms with E-state index in [9.17, 15) is 9.18 Å². The fourth-order valence-electron chi connectivity index (χ4n) is 2.02. The van der Waals surface area contributed by atoms with E-state index < -0.39 is 0 Å². The van der Waals surface area contributed by atoms with Crippen molar-refractivity contribution in [1.82, 2.24) is 0 Å². The summed E-state index contributed by atoms with van der Waals surface area (Å²) in [4.78, 5) is 11.3. The van der Waals surface area contributed by atoms with Gasteiger partial charge >= 0.3 is 5.97 Å². The topological polar surface area (TPSA) is 26.3 Å². The molecule has 2 rings (SSSR count). The van der Waals surface area contributed by atoms with Gasteiger partial charge in [0, 0.05) is 12.5 Å². The minimum Gasteiger partial charge on any atom is -0.463 e. The van der Waals surface area contributed by atoms with Crippen molar-refractivity contribution in [2.45, 2.75) is 13.3 Å². The molecule has 0 fully saturated rings. The molecule has 2 aromatic carbocycles. The molecule has 0 aliphatic carbocycles. The van der Waals surface area contributed by atoms with Gasteiger partial charge in [0.25, 0.3) is 0 Å². The van der Waals surface area contributed by atoms with Crippen LogP contribution in [0.15, 0.2) is 54.6 Å². The number of halogens is 1. The van der Waals surface area contributed by atoms with Crippen LogP contribution in [0, 0.1) is 5.82 Å². The van der Waals surface area contributed by atoms with Gasteiger partial charge in [0.05, 0.1) is 6.61 Å². The summed E-state index contributed by atoms with van der Waals surface area (Å²) in [6.45, 7) is 2.12. The molecule has 0 amide bonds. The fourth-order valence-corrected chi connectivity index (χ4v) is 2.02. The van der Waals surface area contributed by atoms with Crippen LogP contribution >= 0.6 is 0 Å². The minimum atomic E-state index is -0.364. The first-order chi connectivity index (χ1) is 10.2. The van der Waals surface area contributed by atoms with E-state index in [4.69, 9.17) is 4.74 Å². The average molecular weight is 284 g/mol. The highest BCUT2D eigenvalue weighted by Gasteiger charge is 2.02. The van der Waals surface area contributed by atoms with Gasteiger partial charge in [-0.25, -0.2) is 9.18 Å². The van der Waals surface area contributed by atoms with Gasteiger partial charge in [0.1, 0.15) is 5.82 Å². The molecule has 2 aromatic rings. The van der Waals surface area contributed by atoms with Gasteiger partial charge in [0.2, 0.25) is 0 Å². The number of benzene rings is 2. The zero-order chi connectivity index (χ0) is 15.1. The molecule has 21 heavy (non-hydrogen) atoms. The Morgan fingerprint density at radius 2 is 2.00 bits per heavy atom. The van der Waals surface area contributed by atoms with Gasteiger partial charge in [-0.15, -0.1) is 0 Å². The Labute approximate surface area is 123 Å². The highest BCUT2D eigenvalue weighted by atomic mass is 19.1. The van der Waals surface area contributed by atoms with Gasteiger partial charge < -0.3 is 4.74 Å². The SMILES string of the molecule is CCOC(=O)/C=C/c1cccc(Cc2ccccc2F)c1. The second kappa shape index (κ2) is 7.39. The smallest absolute Gasteiger partial charge is 0.330 e. The number of carbonyl (C=O) groups is 1. The van der Waals surface area contributed by atoms with Crippen molar-refractivity contribution in [1.29, 1.82) is 0 Å². The molecule has 0 radical (unpaired) electrons. The van der Waals surface area contributed by atoms with Gasteiger partial charge in [0.15, 0.2) is 0 Å². The van der Waals surface area contributed by atoms with Crippen molar-refractivity contribution in [2.75, 3.05) is 6.61 Å². The van der Waals surface area contributed by atoms with E-state index >= 15 is 0 Å². The summed E-state index contributed by atoms with van der Waals surface area (Å²) in [5, 5.41) is 0. The second-order valence-corrected chi connectivity index (χ2v) is 4.60. The van der Waals surface area contributed by atoms with Crippen LogP contribution in [0.5, 0.6) is 0 Å². The molecular formula is C18H17FO2. The van der Waals surface area contributed by atoms with Gasteiger partial charge in [-0.1, -0.05) is 42.5 Å². The Morgan fingerprint density at radius 3 is 2.76 bits per heavy atom. The Hall–Kier alpha value is -2.42. The lowest BCUT2D eigenvalue weighted by atomic mass is 10.0. The van der Waals surface area contributed by atoms with Crippen molar-refractivity contribution in [3.8, 4) is 0 Å². The first-order valence-electron chi connectivity index (χ1n) is 6.86. The quantitative estimate of drug-likeness (QED) is 0.613. The number of ether oxygens (including phenoxy) is 1. The van der Waals surface area contributed by atoms with Crippen LogP contribution in [-0.2, 0) is 16.0 Å². The van der Waals surface area contributed by atoms with Crippen LogP contribution in [-0.4, -0.2) is 12.6 Å². The molecule has 0 saturated heterocycles. The normalized spacial score (nSPS) is 10.8. The van der Waals surface area contributed by atoms with Crippen molar-refractivity contribution in [2.24, 2.45) is 0 Å². The molecule has 0 aliphatic heterocycles. The summed E-state index contributed by atoms with van der Waals surface area (Å²) in [6, 6.07) is 14.4. The zero-order valence-corrected chi connectivity index (χ0v) is 11.9. The molecule has 0 atom stereocenters. The number of hydrogen-bond donors (Lipinski definition) is 0. The van der Waals surface area contributed by atoms with Gasteiger partial charge in [-0.3, -0.25) is 0 Å². The molecule has 3 heteroatoms. The molecule has 0 saturated carbocycles. The van der Waals surface area contributed by atoms with Gasteiger partial charge in [-0.2, -0.15) is 0 Å². The summed E-state index contributed by atoms with van der Waals surface area (Å²) in [7, 11) is 0. The summed E-state index contributed by atoms with van der Waals surface area (Å²) >= 11 is 0. The number of hydrogen-bond acceptors (Lipinski definition) is 2. The zero-order valence-electron chi connectivity index (χ0n) is 11.9. The van der Waals surface area contributed by atoms with Crippen molar-refractivity contribution >= 4 is 12.0 Å². The number of esters is 1. The third-order valence-corrected chi connectivity index (χ3v) is 3.00. The summed E-state index contributed by atoms with van der Waals surface area (Å²) in [6.07, 6.45) is 3.61. The first kappa shape index (κ1) is 15.0. The largest absolute Gasteiger partial charge is 0.463 e. The molecule has 0 bridgehead atoms. The summed E-state index contributed by atoms with van der Waals surface area (Å²) < 4.78 is 18.5. The highest BCUT2D eigenvalue weighted by molar-refractivity contribution is 5.87. The van der Waals surface area contributed by atoms with Crippen LogP contribution in [0.3, 0.4) is 0 Å². The Bertz CT molecular complexity index is 647. The molecule has 0 aliphatic rings. The number of carbonyl (C=O) groups excluding carboxylic acids is 1. The maximum Gasteiger partial charge on any atom is 0.330 e. The van der Waals surface area contributed by atoms with Crippen molar-refractivity contribution in [3.05, 3.63) is 77.1 Å². The third-order valence-electron chi connectivity index (χ3n) is 3.00. The molecule has 0 unspecified atom stereocenters. The summed E-state index contributed by atoms with van der Waals surface area (Å²) in [5.74, 6) is -0.568. The lowest BCUT2D eigenvalue weighted by molar-refractivity contribution is -0.137. The predicted molar refractivity (Wildman–Crippen MR) is 81.3 cm³/mol. The van der Waals surface area contributed by atoms with E-state index in [0.717, 1.165) is 11.1 Å². The van der Waals surface area contributed by atoms with Crippen LogP contribution in [0.2, 0.25) is 0 Å². The lowest BCUT2D eigenvalue weighted by Gasteiger charge is -2.04. The Balaban J connectivity index is 2.11. The van der Waals surface area contributed by atoms with E-state index in [2.05, 4.69) is 0 Å². The maximum absolute atomic E-state index is 13.6. The standard InChI is InChI=1S/C18H17FO2/c1-2-21-18(20)11-10-14-6-5-7-15(12-14)13-16-8-3-4-9-17(16)19/h3-12H,2,13H2,1H3/b11-10+. The monoisotopic (exact) mass is 284 g/mol. The maximum atomic E-state index is 13.6. The fraction of sp³-hybridized carbons (Fsp3) is 0.167. The van der Waals surface area contributed by atoms with Crippen molar-refractivity contribution < 1.29 is 13.9 Å². The molecule has 108 valence electrons. The summed E-state index contributed by atoms with van der Waals surface area (Å²) in [5.41, 5.74) is 2.53. The molecular weight excluding hydrogens is 267 g/mol. The Morgan fingerprint density at radius 1 is 1.19 bits per heavy atom. The van der Waals surface area contributed by atoms with Crippen LogP contribution in [0.1, 0.15) is 23.6 Å². The molecule has 0 heterocycles. The molecule has 2 nitrogen and oxygen atoms in total. The average Bonchev–Trinajstić information content (AvgIpc) is 2.48. The molecule has 0 N–H and O–H groups in total. The van der Waals surface area contributed by atoms with E-state index in [1.807, 2.05) is 30.3 Å². The predicted octanol–water partition coefficient (Wildman–Crippen LogP) is 3.99. The number of rotatable bonds is 5. The lowest BCUT2D eigenvalue weighted by Crippen LogP contribution is -1.98. The van der Waals surface area contributed by atoms with Crippen LogP contribution in [0.25, 0.3) is 6.08 Å². The van der Waals surface area contributed by atoms with Crippen LogP contribution in [0.4, 0.5) is 4.39 Å². The van der Waals surface area contributed by atoms with Crippen LogP contribution < -0.4 is 0 Å².